The molecule has 17 heteroatoms. The van der Waals surface area contributed by atoms with Crippen LogP contribution in [0.1, 0.15) is 72.1 Å². The molecular formula is C39H48N6O9S2. The van der Waals surface area contributed by atoms with Gasteiger partial charge in [-0.15, -0.1) is 11.3 Å². The molecule has 0 radical (unpaired) electrons. The van der Waals surface area contributed by atoms with E-state index in [1.165, 1.54) is 16.2 Å². The lowest BCUT2D eigenvalue weighted by molar-refractivity contribution is -0.142. The Labute approximate surface area is 329 Å². The molecule has 4 aliphatic rings. The fourth-order valence-corrected chi connectivity index (χ4v) is 10.0. The van der Waals surface area contributed by atoms with Gasteiger partial charge in [0.1, 0.15) is 34.5 Å². The highest BCUT2D eigenvalue weighted by atomic mass is 32.2. The van der Waals surface area contributed by atoms with Gasteiger partial charge >= 0.3 is 6.09 Å². The minimum Gasteiger partial charge on any atom is -0.497 e. The molecule has 56 heavy (non-hydrogen) atoms. The molecule has 3 fully saturated rings. The second-order valence-corrected chi connectivity index (χ2v) is 18.9. The number of carboxylic acid groups (broad SMARTS) is 1. The molecule has 0 bridgehead atoms. The highest BCUT2D eigenvalue weighted by Crippen LogP contribution is 2.48. The molecule has 4 amide bonds. The fraction of sp³-hybridized carbons (Fsp3) is 0.538. The largest absolute Gasteiger partial charge is 0.497 e. The Hall–Kier alpha value is -4.77. The monoisotopic (exact) mass is 808 g/mol. The van der Waals surface area contributed by atoms with E-state index in [-0.39, 0.29) is 37.1 Å². The van der Waals surface area contributed by atoms with Gasteiger partial charge in [-0.2, -0.15) is 0 Å². The van der Waals surface area contributed by atoms with Crippen molar-refractivity contribution < 1.29 is 42.2 Å². The number of pyridine rings is 1. The number of aromatic nitrogens is 2. The number of thiazole rings is 1. The molecule has 0 unspecified atom stereocenters. The summed E-state index contributed by atoms with van der Waals surface area (Å²) in [5, 5.41) is 19.3. The minimum absolute atomic E-state index is 0.00725. The van der Waals surface area contributed by atoms with Crippen molar-refractivity contribution in [1.29, 1.82) is 0 Å². The summed E-state index contributed by atoms with van der Waals surface area (Å²) in [5.41, 5.74) is -0.787. The first-order valence-corrected chi connectivity index (χ1v) is 21.4. The molecule has 0 spiro atoms. The first-order valence-electron chi connectivity index (χ1n) is 19.1. The van der Waals surface area contributed by atoms with Gasteiger partial charge in [-0.25, -0.2) is 23.2 Å². The van der Waals surface area contributed by atoms with E-state index >= 15 is 0 Å². The zero-order valence-electron chi connectivity index (χ0n) is 31.8. The topological polar surface area (TPSA) is 206 Å². The normalized spacial score (nSPS) is 28.9. The lowest BCUT2D eigenvalue weighted by Gasteiger charge is -2.33. The molecule has 7 atom stereocenters. The van der Waals surface area contributed by atoms with E-state index in [1.54, 1.807) is 32.5 Å². The molecular weight excluding hydrogens is 761 g/mol. The Kier molecular flexibility index (Phi) is 10.8. The summed E-state index contributed by atoms with van der Waals surface area (Å²) in [6.45, 7) is 5.46. The van der Waals surface area contributed by atoms with Gasteiger partial charge in [0.15, 0.2) is 0 Å². The number of hydrogen-bond donors (Lipinski definition) is 4. The average Bonchev–Trinajstić information content (AvgIpc) is 3.92. The lowest BCUT2D eigenvalue weighted by atomic mass is 9.85. The SMILES string of the molecule is CC[C@@H]1C[C@H](C)CCC=C[C@@H]2C[C@@]2(C(=O)NS(=O)(=O)C2(C)CC2)NC(=O)[C@@H]2C[C@@H](Oc3ncc(-c4nccs4)c4cc(OC)ccc34)CN2C(=O)[C@H]1NC(=O)O. The molecule has 3 aromatic rings. The summed E-state index contributed by atoms with van der Waals surface area (Å²) >= 11 is 1.45. The summed E-state index contributed by atoms with van der Waals surface area (Å²) in [5.74, 6) is -1.93. The number of hydrogen-bond acceptors (Lipinski definition) is 11. The van der Waals surface area contributed by atoms with E-state index in [9.17, 15) is 32.7 Å². The van der Waals surface area contributed by atoms with E-state index in [0.29, 0.717) is 43.2 Å². The second-order valence-electron chi connectivity index (χ2n) is 15.8. The highest BCUT2D eigenvalue weighted by molar-refractivity contribution is 7.91. The first kappa shape index (κ1) is 39.5. The molecule has 7 rings (SSSR count). The van der Waals surface area contributed by atoms with Gasteiger partial charge in [0.2, 0.25) is 27.7 Å². The zero-order valence-corrected chi connectivity index (χ0v) is 33.5. The molecule has 2 aliphatic carbocycles. The number of nitrogens with zero attached hydrogens (tertiary/aromatic N) is 3. The number of fused-ring (bicyclic) bond motifs is 3. The van der Waals surface area contributed by atoms with Crippen LogP contribution < -0.4 is 24.8 Å². The third-order valence-corrected chi connectivity index (χ3v) is 14.9. The number of nitrogens with one attached hydrogen (secondary N) is 3. The summed E-state index contributed by atoms with van der Waals surface area (Å²) in [6, 6.07) is 3.12. The van der Waals surface area contributed by atoms with Gasteiger partial charge in [0.25, 0.3) is 5.91 Å². The standard InChI is InChI=1S/C39H48N6O9S2/c1-5-23-16-22(2)8-6-7-9-24-19-39(24,36(48)44-56(51,52)38(3)12-13-38)43-32(46)30-18-26(21-45(30)35(47)31(23)42-37(49)50)54-33-27-11-10-25(53-4)17-28(27)29(20-41-33)34-40-14-15-55-34/h7,9-11,14-15,17,20,22-24,26,30-31,42H,5-6,8,12-13,16,18-19,21H2,1-4H3,(H,43,46)(H,44,48)(H,49,50)/t22-,23-,24-,26-,30+,31+,39-/m1/s1. The summed E-state index contributed by atoms with van der Waals surface area (Å²) in [7, 11) is -2.45. The average molecular weight is 809 g/mol. The van der Waals surface area contributed by atoms with Gasteiger partial charge in [0.05, 0.1) is 18.4 Å². The van der Waals surface area contributed by atoms with Gasteiger partial charge < -0.3 is 30.1 Å². The quantitative estimate of drug-likeness (QED) is 0.219. The van der Waals surface area contributed by atoms with Crippen LogP contribution in [0.25, 0.3) is 21.3 Å². The molecule has 300 valence electrons. The highest BCUT2D eigenvalue weighted by Gasteiger charge is 2.63. The summed E-state index contributed by atoms with van der Waals surface area (Å²) < 4.78 is 39.6. The number of carbonyl (C=O) groups is 4. The number of methoxy groups -OCH3 is 1. The Morgan fingerprint density at radius 2 is 1.95 bits per heavy atom. The van der Waals surface area contributed by atoms with Crippen molar-refractivity contribution in [2.45, 2.75) is 101 Å². The number of sulfonamides is 1. The van der Waals surface area contributed by atoms with Gasteiger partial charge in [-0.3, -0.25) is 19.1 Å². The van der Waals surface area contributed by atoms with Crippen molar-refractivity contribution in [3.05, 3.63) is 48.1 Å². The van der Waals surface area contributed by atoms with Crippen molar-refractivity contribution in [2.75, 3.05) is 13.7 Å². The Balaban J connectivity index is 1.24. The Morgan fingerprint density at radius 1 is 1.16 bits per heavy atom. The van der Waals surface area contributed by atoms with Crippen LogP contribution in [0.15, 0.2) is 48.1 Å². The predicted molar refractivity (Wildman–Crippen MR) is 209 cm³/mol. The van der Waals surface area contributed by atoms with Gasteiger partial charge in [0, 0.05) is 46.4 Å². The van der Waals surface area contributed by atoms with E-state index < -0.39 is 68.2 Å². The maximum atomic E-state index is 14.6. The maximum absolute atomic E-state index is 14.6. The van der Waals surface area contributed by atoms with E-state index in [0.717, 1.165) is 22.4 Å². The maximum Gasteiger partial charge on any atom is 0.405 e. The van der Waals surface area contributed by atoms with Crippen molar-refractivity contribution >= 4 is 55.9 Å². The van der Waals surface area contributed by atoms with Crippen LogP contribution >= 0.6 is 11.3 Å². The number of benzene rings is 1. The van der Waals surface area contributed by atoms with Crippen LogP contribution in [0, 0.1) is 17.8 Å². The summed E-state index contributed by atoms with van der Waals surface area (Å²) in [4.78, 5) is 65.7. The third-order valence-electron chi connectivity index (χ3n) is 11.9. The fourth-order valence-electron chi connectivity index (χ4n) is 8.05. The first-order chi connectivity index (χ1) is 26.7. The minimum atomic E-state index is -4.02. The molecule has 2 saturated carbocycles. The molecule has 15 nitrogen and oxygen atoms in total. The smallest absolute Gasteiger partial charge is 0.405 e. The van der Waals surface area contributed by atoms with Crippen molar-refractivity contribution in [3.8, 4) is 22.2 Å². The van der Waals surface area contributed by atoms with Crippen molar-refractivity contribution in [2.24, 2.45) is 17.8 Å². The molecule has 1 saturated heterocycles. The Morgan fingerprint density at radius 3 is 2.62 bits per heavy atom. The summed E-state index contributed by atoms with van der Waals surface area (Å²) in [6.07, 6.45) is 8.49. The van der Waals surface area contributed by atoms with Crippen LogP contribution in [0.5, 0.6) is 11.6 Å². The molecule has 2 aromatic heterocycles. The Bertz CT molecular complexity index is 2160. The van der Waals surface area contributed by atoms with Crippen LogP contribution in [0.2, 0.25) is 0 Å². The molecule has 4 N–H and O–H groups in total. The van der Waals surface area contributed by atoms with E-state index in [2.05, 4.69) is 32.2 Å². The third kappa shape index (κ3) is 7.66. The molecule has 2 aliphatic heterocycles. The van der Waals surface area contributed by atoms with Gasteiger partial charge in [-0.05, 0) is 75.5 Å². The van der Waals surface area contributed by atoms with Gasteiger partial charge in [-0.1, -0.05) is 32.4 Å². The van der Waals surface area contributed by atoms with Crippen LogP contribution in [-0.2, 0) is 24.4 Å². The second kappa shape index (κ2) is 15.3. The molecule has 1 aromatic carbocycles. The number of allylic oxidation sites excluding steroid dienone is 1. The van der Waals surface area contributed by atoms with Crippen molar-refractivity contribution in [1.82, 2.24) is 30.2 Å². The van der Waals surface area contributed by atoms with Crippen LogP contribution in [-0.4, -0.2) is 94.3 Å². The predicted octanol–water partition coefficient (Wildman–Crippen LogP) is 4.63. The number of carbonyl (C=O) groups excluding carboxylic acids is 3. The number of amides is 4. The molecule has 4 heterocycles. The van der Waals surface area contributed by atoms with E-state index in [4.69, 9.17) is 9.47 Å². The van der Waals surface area contributed by atoms with Crippen LogP contribution in [0.3, 0.4) is 0 Å². The van der Waals surface area contributed by atoms with E-state index in [1.807, 2.05) is 36.6 Å². The van der Waals surface area contributed by atoms with Crippen LogP contribution in [0.4, 0.5) is 4.79 Å². The number of ether oxygens (including phenoxy) is 2. The number of rotatable bonds is 9. The zero-order chi connectivity index (χ0) is 40.0. The van der Waals surface area contributed by atoms with Crippen molar-refractivity contribution in [3.63, 3.8) is 0 Å². The lowest BCUT2D eigenvalue weighted by Crippen LogP contribution is -2.59.